The number of nitrogens with one attached hydrogen (secondary N) is 1. The Balaban J connectivity index is 2.04. The SMILES string of the molecule is O[C@@H]1CCOC[C@H]1Nc1ccncc1F. The lowest BCUT2D eigenvalue weighted by Crippen LogP contribution is -2.42. The zero-order valence-corrected chi connectivity index (χ0v) is 8.19. The van der Waals surface area contributed by atoms with E-state index >= 15 is 0 Å². The third kappa shape index (κ3) is 2.43. The number of halogens is 1. The molecule has 2 atom stereocenters. The summed E-state index contributed by atoms with van der Waals surface area (Å²) in [5.74, 6) is -0.421. The molecule has 82 valence electrons. The number of aromatic nitrogens is 1. The summed E-state index contributed by atoms with van der Waals surface area (Å²) in [6.45, 7) is 0.946. The maximum atomic E-state index is 13.2. The number of anilines is 1. The van der Waals surface area contributed by atoms with Gasteiger partial charge in [0, 0.05) is 12.8 Å². The van der Waals surface area contributed by atoms with Crippen molar-refractivity contribution in [3.63, 3.8) is 0 Å². The largest absolute Gasteiger partial charge is 0.391 e. The van der Waals surface area contributed by atoms with Gasteiger partial charge < -0.3 is 15.2 Å². The predicted molar refractivity (Wildman–Crippen MR) is 53.0 cm³/mol. The van der Waals surface area contributed by atoms with E-state index in [2.05, 4.69) is 10.3 Å². The van der Waals surface area contributed by atoms with Gasteiger partial charge in [0.05, 0.1) is 30.6 Å². The molecule has 0 spiro atoms. The fourth-order valence-corrected chi connectivity index (χ4v) is 1.56. The average Bonchev–Trinajstić information content (AvgIpc) is 2.24. The van der Waals surface area contributed by atoms with Crippen LogP contribution in [-0.2, 0) is 4.74 Å². The van der Waals surface area contributed by atoms with E-state index in [1.165, 1.54) is 12.3 Å². The Morgan fingerprint density at radius 1 is 1.60 bits per heavy atom. The molecule has 1 aromatic heterocycles. The monoisotopic (exact) mass is 212 g/mol. The normalized spacial score (nSPS) is 26.3. The summed E-state index contributed by atoms with van der Waals surface area (Å²) < 4.78 is 18.4. The van der Waals surface area contributed by atoms with Crippen molar-refractivity contribution < 1.29 is 14.2 Å². The summed E-state index contributed by atoms with van der Waals surface area (Å²) in [6, 6.07) is 1.28. The van der Waals surface area contributed by atoms with Crippen molar-refractivity contribution in [3.05, 3.63) is 24.3 Å². The van der Waals surface area contributed by atoms with Gasteiger partial charge in [-0.3, -0.25) is 4.98 Å². The lowest BCUT2D eigenvalue weighted by Gasteiger charge is -2.29. The molecule has 2 N–H and O–H groups in total. The van der Waals surface area contributed by atoms with E-state index in [0.717, 1.165) is 6.20 Å². The number of aliphatic hydroxyl groups excluding tert-OH is 1. The molecule has 2 heterocycles. The highest BCUT2D eigenvalue weighted by Crippen LogP contribution is 2.16. The summed E-state index contributed by atoms with van der Waals surface area (Å²) >= 11 is 0. The van der Waals surface area contributed by atoms with Crippen LogP contribution >= 0.6 is 0 Å². The Morgan fingerprint density at radius 2 is 2.47 bits per heavy atom. The fourth-order valence-electron chi connectivity index (χ4n) is 1.56. The molecule has 0 unspecified atom stereocenters. The van der Waals surface area contributed by atoms with Gasteiger partial charge in [-0.05, 0) is 12.5 Å². The van der Waals surface area contributed by atoms with Gasteiger partial charge in [-0.15, -0.1) is 0 Å². The topological polar surface area (TPSA) is 54.4 Å². The maximum absolute atomic E-state index is 13.2. The molecule has 0 aromatic carbocycles. The lowest BCUT2D eigenvalue weighted by atomic mass is 10.1. The summed E-state index contributed by atoms with van der Waals surface area (Å²) in [6.07, 6.45) is 2.72. The quantitative estimate of drug-likeness (QED) is 0.760. The van der Waals surface area contributed by atoms with Gasteiger partial charge in [0.25, 0.3) is 0 Å². The van der Waals surface area contributed by atoms with E-state index in [0.29, 0.717) is 25.3 Å². The number of hydrogen-bond donors (Lipinski definition) is 2. The maximum Gasteiger partial charge on any atom is 0.164 e. The van der Waals surface area contributed by atoms with Crippen molar-refractivity contribution in [2.75, 3.05) is 18.5 Å². The van der Waals surface area contributed by atoms with Gasteiger partial charge in [-0.1, -0.05) is 0 Å². The van der Waals surface area contributed by atoms with Crippen LogP contribution in [0.2, 0.25) is 0 Å². The second kappa shape index (κ2) is 4.55. The first-order chi connectivity index (χ1) is 7.27. The van der Waals surface area contributed by atoms with Crippen LogP contribution in [0.25, 0.3) is 0 Å². The van der Waals surface area contributed by atoms with Crippen LogP contribution < -0.4 is 5.32 Å². The molecule has 1 saturated heterocycles. The van der Waals surface area contributed by atoms with Gasteiger partial charge in [0.2, 0.25) is 0 Å². The highest BCUT2D eigenvalue weighted by Gasteiger charge is 2.24. The van der Waals surface area contributed by atoms with E-state index in [9.17, 15) is 9.50 Å². The molecule has 1 fully saturated rings. The molecule has 2 rings (SSSR count). The van der Waals surface area contributed by atoms with Crippen LogP contribution in [0.4, 0.5) is 10.1 Å². The number of rotatable bonds is 2. The Bertz CT molecular complexity index is 335. The molecule has 1 aromatic rings. The van der Waals surface area contributed by atoms with Crippen molar-refractivity contribution in [1.82, 2.24) is 4.98 Å². The van der Waals surface area contributed by atoms with E-state index in [-0.39, 0.29) is 6.04 Å². The summed E-state index contributed by atoms with van der Waals surface area (Å²) in [4.78, 5) is 3.65. The molecular formula is C10H13FN2O2. The third-order valence-electron chi connectivity index (χ3n) is 2.43. The van der Waals surface area contributed by atoms with Crippen LogP contribution in [0, 0.1) is 5.82 Å². The van der Waals surface area contributed by atoms with E-state index in [1.54, 1.807) is 0 Å². The molecule has 5 heteroatoms. The van der Waals surface area contributed by atoms with Crippen LogP contribution in [0.3, 0.4) is 0 Å². The molecular weight excluding hydrogens is 199 g/mol. The number of hydrogen-bond acceptors (Lipinski definition) is 4. The van der Waals surface area contributed by atoms with Crippen molar-refractivity contribution in [3.8, 4) is 0 Å². The Labute approximate surface area is 87.1 Å². The van der Waals surface area contributed by atoms with Gasteiger partial charge >= 0.3 is 0 Å². The highest BCUT2D eigenvalue weighted by molar-refractivity contribution is 5.43. The molecule has 0 amide bonds. The zero-order valence-electron chi connectivity index (χ0n) is 8.19. The minimum Gasteiger partial charge on any atom is -0.391 e. The van der Waals surface area contributed by atoms with Crippen molar-refractivity contribution in [1.29, 1.82) is 0 Å². The predicted octanol–water partition coefficient (Wildman–Crippen LogP) is 0.782. The number of aliphatic hydroxyl groups is 1. The summed E-state index contributed by atoms with van der Waals surface area (Å²) in [5, 5.41) is 12.5. The zero-order chi connectivity index (χ0) is 10.7. The Morgan fingerprint density at radius 3 is 3.20 bits per heavy atom. The van der Waals surface area contributed by atoms with Crippen molar-refractivity contribution in [2.24, 2.45) is 0 Å². The smallest absolute Gasteiger partial charge is 0.164 e. The first kappa shape index (κ1) is 10.3. The van der Waals surface area contributed by atoms with Crippen LogP contribution in [-0.4, -0.2) is 35.5 Å². The van der Waals surface area contributed by atoms with Crippen LogP contribution in [0.15, 0.2) is 18.5 Å². The number of nitrogens with zero attached hydrogens (tertiary/aromatic N) is 1. The van der Waals surface area contributed by atoms with Crippen LogP contribution in [0.1, 0.15) is 6.42 Å². The highest BCUT2D eigenvalue weighted by atomic mass is 19.1. The van der Waals surface area contributed by atoms with Crippen LogP contribution in [0.5, 0.6) is 0 Å². The molecule has 0 radical (unpaired) electrons. The molecule has 1 aliphatic rings. The molecule has 0 bridgehead atoms. The minimum atomic E-state index is -0.494. The third-order valence-corrected chi connectivity index (χ3v) is 2.43. The first-order valence-electron chi connectivity index (χ1n) is 4.89. The molecule has 1 aliphatic heterocycles. The summed E-state index contributed by atoms with van der Waals surface area (Å²) in [7, 11) is 0. The first-order valence-corrected chi connectivity index (χ1v) is 4.89. The lowest BCUT2D eigenvalue weighted by molar-refractivity contribution is 0.00307. The molecule has 0 saturated carbocycles. The van der Waals surface area contributed by atoms with Crippen molar-refractivity contribution in [2.45, 2.75) is 18.6 Å². The van der Waals surface area contributed by atoms with Gasteiger partial charge in [0.1, 0.15) is 0 Å². The van der Waals surface area contributed by atoms with E-state index in [4.69, 9.17) is 4.74 Å². The number of pyridine rings is 1. The van der Waals surface area contributed by atoms with Crippen molar-refractivity contribution >= 4 is 5.69 Å². The van der Waals surface area contributed by atoms with Gasteiger partial charge in [-0.2, -0.15) is 0 Å². The number of ether oxygens (including phenoxy) is 1. The molecule has 4 nitrogen and oxygen atoms in total. The second-order valence-corrected chi connectivity index (χ2v) is 3.54. The average molecular weight is 212 g/mol. The van der Waals surface area contributed by atoms with Gasteiger partial charge in [-0.25, -0.2) is 4.39 Å². The molecule has 15 heavy (non-hydrogen) atoms. The Kier molecular flexibility index (Phi) is 3.13. The van der Waals surface area contributed by atoms with E-state index < -0.39 is 11.9 Å². The fraction of sp³-hybridized carbons (Fsp3) is 0.500. The molecule has 0 aliphatic carbocycles. The minimum absolute atomic E-state index is 0.254. The second-order valence-electron chi connectivity index (χ2n) is 3.54. The van der Waals surface area contributed by atoms with Gasteiger partial charge in [0.15, 0.2) is 5.82 Å². The summed E-state index contributed by atoms with van der Waals surface area (Å²) in [5.41, 5.74) is 0.347. The van der Waals surface area contributed by atoms with E-state index in [1.807, 2.05) is 0 Å². The Hall–Kier alpha value is -1.20. The standard InChI is InChI=1S/C10H13FN2O2/c11-7-5-12-3-1-8(7)13-9-6-15-4-2-10(9)14/h1,3,5,9-10,14H,2,4,6H2,(H,12,13)/t9-,10-/m1/s1.